The molecule has 114 valence electrons. The lowest BCUT2D eigenvalue weighted by atomic mass is 10.0. The number of nitrogens with one attached hydrogen (secondary N) is 1. The molecule has 0 aliphatic heterocycles. The first-order chi connectivity index (χ1) is 9.48. The third-order valence-corrected chi connectivity index (χ3v) is 5.93. The van der Waals surface area contributed by atoms with Crippen molar-refractivity contribution in [2.24, 2.45) is 0 Å². The second kappa shape index (κ2) is 8.80. The standard InChI is InChI=1S/C15H24BrNO2S/c1-3-17-14(9-7-11-20(18,19)4-2)12-13-8-5-6-10-15(13)16/h5-6,8,10,14,17H,3-4,7,9,11-12H2,1-2H3. The van der Waals surface area contributed by atoms with E-state index in [2.05, 4.69) is 34.2 Å². The molecule has 1 aromatic rings. The third kappa shape index (κ3) is 6.37. The summed E-state index contributed by atoms with van der Waals surface area (Å²) < 4.78 is 24.2. The molecule has 0 aromatic heterocycles. The van der Waals surface area contributed by atoms with Crippen molar-refractivity contribution in [2.45, 2.75) is 39.2 Å². The van der Waals surface area contributed by atoms with E-state index in [9.17, 15) is 8.42 Å². The van der Waals surface area contributed by atoms with Gasteiger partial charge in [-0.15, -0.1) is 0 Å². The van der Waals surface area contributed by atoms with E-state index in [0.717, 1.165) is 30.3 Å². The van der Waals surface area contributed by atoms with Gasteiger partial charge in [-0.1, -0.05) is 48.0 Å². The Morgan fingerprint density at radius 2 is 1.95 bits per heavy atom. The third-order valence-electron chi connectivity index (χ3n) is 3.36. The van der Waals surface area contributed by atoms with Crippen molar-refractivity contribution in [1.29, 1.82) is 0 Å². The summed E-state index contributed by atoms with van der Waals surface area (Å²) in [4.78, 5) is 0. The molecule has 0 radical (unpaired) electrons. The van der Waals surface area contributed by atoms with E-state index in [1.807, 2.05) is 18.2 Å². The second-order valence-corrected chi connectivity index (χ2v) is 8.26. The highest BCUT2D eigenvalue weighted by Crippen LogP contribution is 2.19. The summed E-state index contributed by atoms with van der Waals surface area (Å²) in [7, 11) is -2.85. The topological polar surface area (TPSA) is 46.2 Å². The lowest BCUT2D eigenvalue weighted by Gasteiger charge is -2.18. The largest absolute Gasteiger partial charge is 0.314 e. The molecule has 5 heteroatoms. The normalized spacial score (nSPS) is 13.3. The summed E-state index contributed by atoms with van der Waals surface area (Å²) in [5, 5.41) is 3.45. The Balaban J connectivity index is 2.55. The number of rotatable bonds is 9. The minimum Gasteiger partial charge on any atom is -0.314 e. The van der Waals surface area contributed by atoms with E-state index in [0.29, 0.717) is 11.8 Å². The SMILES string of the molecule is CCNC(CCCS(=O)(=O)CC)Cc1ccccc1Br. The second-order valence-electron chi connectivity index (χ2n) is 4.93. The van der Waals surface area contributed by atoms with Crippen LogP contribution in [0.25, 0.3) is 0 Å². The number of hydrogen-bond donors (Lipinski definition) is 1. The molecule has 0 fully saturated rings. The van der Waals surface area contributed by atoms with E-state index in [4.69, 9.17) is 0 Å². The van der Waals surface area contributed by atoms with Crippen LogP contribution in [0.4, 0.5) is 0 Å². The molecule has 1 N–H and O–H groups in total. The van der Waals surface area contributed by atoms with Crippen LogP contribution < -0.4 is 5.32 Å². The van der Waals surface area contributed by atoms with Crippen LogP contribution in [0.1, 0.15) is 32.3 Å². The minimum absolute atomic E-state index is 0.239. The van der Waals surface area contributed by atoms with Crippen LogP contribution >= 0.6 is 15.9 Å². The van der Waals surface area contributed by atoms with Crippen LogP contribution in [0.5, 0.6) is 0 Å². The van der Waals surface area contributed by atoms with Crippen molar-refractivity contribution in [3.05, 3.63) is 34.3 Å². The zero-order valence-electron chi connectivity index (χ0n) is 12.2. The Morgan fingerprint density at radius 1 is 1.25 bits per heavy atom. The molecule has 0 spiro atoms. The van der Waals surface area contributed by atoms with E-state index in [1.165, 1.54) is 5.56 Å². The van der Waals surface area contributed by atoms with Gasteiger partial charge in [0.05, 0.1) is 5.75 Å². The number of benzene rings is 1. The highest BCUT2D eigenvalue weighted by molar-refractivity contribution is 9.10. The average Bonchev–Trinajstić information content (AvgIpc) is 2.41. The molecule has 0 saturated heterocycles. The van der Waals surface area contributed by atoms with Gasteiger partial charge in [0, 0.05) is 16.3 Å². The molecule has 0 aliphatic carbocycles. The first kappa shape index (κ1) is 17.7. The molecular formula is C15H24BrNO2S. The van der Waals surface area contributed by atoms with E-state index >= 15 is 0 Å². The van der Waals surface area contributed by atoms with Crippen molar-refractivity contribution in [2.75, 3.05) is 18.1 Å². The Bertz CT molecular complexity index is 502. The lowest BCUT2D eigenvalue weighted by molar-refractivity contribution is 0.484. The van der Waals surface area contributed by atoms with Crippen molar-refractivity contribution >= 4 is 25.8 Å². The summed E-state index contributed by atoms with van der Waals surface area (Å²) in [5.41, 5.74) is 1.26. The number of sulfone groups is 1. The van der Waals surface area contributed by atoms with Gasteiger partial charge in [0.1, 0.15) is 9.84 Å². The van der Waals surface area contributed by atoms with E-state index in [-0.39, 0.29) is 5.75 Å². The summed E-state index contributed by atoms with van der Waals surface area (Å²) in [6, 6.07) is 8.51. The molecule has 3 nitrogen and oxygen atoms in total. The number of likely N-dealkylation sites (N-methyl/N-ethyl adjacent to an activating group) is 1. The molecule has 0 heterocycles. The van der Waals surface area contributed by atoms with E-state index < -0.39 is 9.84 Å². The van der Waals surface area contributed by atoms with Crippen molar-refractivity contribution in [3.63, 3.8) is 0 Å². The molecule has 1 unspecified atom stereocenters. The fraction of sp³-hybridized carbons (Fsp3) is 0.600. The van der Waals surface area contributed by atoms with Gasteiger partial charge in [0.25, 0.3) is 0 Å². The van der Waals surface area contributed by atoms with Gasteiger partial charge in [-0.3, -0.25) is 0 Å². The summed E-state index contributed by atoms with van der Waals surface area (Å²) in [5.74, 6) is 0.532. The van der Waals surface area contributed by atoms with Crippen LogP contribution in [-0.2, 0) is 16.3 Å². The van der Waals surface area contributed by atoms with Gasteiger partial charge in [-0.05, 0) is 37.4 Å². The zero-order chi connectivity index (χ0) is 15.0. The van der Waals surface area contributed by atoms with Crippen LogP contribution in [-0.4, -0.2) is 32.5 Å². The van der Waals surface area contributed by atoms with Crippen molar-refractivity contribution in [1.82, 2.24) is 5.32 Å². The highest BCUT2D eigenvalue weighted by atomic mass is 79.9. The molecular weight excluding hydrogens is 338 g/mol. The Labute approximate surface area is 131 Å². The van der Waals surface area contributed by atoms with Crippen LogP contribution in [0.3, 0.4) is 0 Å². The van der Waals surface area contributed by atoms with Crippen LogP contribution in [0, 0.1) is 0 Å². The van der Waals surface area contributed by atoms with Gasteiger partial charge < -0.3 is 5.32 Å². The lowest BCUT2D eigenvalue weighted by Crippen LogP contribution is -2.31. The van der Waals surface area contributed by atoms with Crippen molar-refractivity contribution < 1.29 is 8.42 Å². The van der Waals surface area contributed by atoms with Gasteiger partial charge in [0.15, 0.2) is 0 Å². The predicted molar refractivity (Wildman–Crippen MR) is 88.9 cm³/mol. The monoisotopic (exact) mass is 361 g/mol. The van der Waals surface area contributed by atoms with Gasteiger partial charge >= 0.3 is 0 Å². The Hall–Kier alpha value is -0.390. The summed E-state index contributed by atoms with van der Waals surface area (Å²) in [6.45, 7) is 4.68. The molecule has 0 amide bonds. The fourth-order valence-corrected chi connectivity index (χ4v) is 3.53. The van der Waals surface area contributed by atoms with Gasteiger partial charge in [-0.2, -0.15) is 0 Å². The average molecular weight is 362 g/mol. The Morgan fingerprint density at radius 3 is 2.55 bits per heavy atom. The van der Waals surface area contributed by atoms with Crippen molar-refractivity contribution in [3.8, 4) is 0 Å². The predicted octanol–water partition coefficient (Wildman–Crippen LogP) is 3.18. The molecule has 1 aromatic carbocycles. The zero-order valence-corrected chi connectivity index (χ0v) is 14.6. The van der Waals surface area contributed by atoms with Gasteiger partial charge in [-0.25, -0.2) is 8.42 Å². The Kier molecular flexibility index (Phi) is 7.77. The maximum absolute atomic E-state index is 11.5. The first-order valence-electron chi connectivity index (χ1n) is 7.15. The quantitative estimate of drug-likeness (QED) is 0.734. The fourth-order valence-electron chi connectivity index (χ4n) is 2.19. The maximum Gasteiger partial charge on any atom is 0.150 e. The molecule has 1 atom stereocenters. The molecule has 20 heavy (non-hydrogen) atoms. The number of halogens is 1. The van der Waals surface area contributed by atoms with Gasteiger partial charge in [0.2, 0.25) is 0 Å². The van der Waals surface area contributed by atoms with E-state index in [1.54, 1.807) is 6.92 Å². The smallest absolute Gasteiger partial charge is 0.150 e. The molecule has 0 bridgehead atoms. The summed E-state index contributed by atoms with van der Waals surface area (Å²) >= 11 is 3.56. The number of hydrogen-bond acceptors (Lipinski definition) is 3. The van der Waals surface area contributed by atoms with Crippen LogP contribution in [0.2, 0.25) is 0 Å². The van der Waals surface area contributed by atoms with Crippen LogP contribution in [0.15, 0.2) is 28.7 Å². The first-order valence-corrected chi connectivity index (χ1v) is 9.77. The molecule has 0 saturated carbocycles. The minimum atomic E-state index is -2.85. The molecule has 0 aliphatic rings. The summed E-state index contributed by atoms with van der Waals surface area (Å²) in [6.07, 6.45) is 2.52. The highest BCUT2D eigenvalue weighted by Gasteiger charge is 2.13. The maximum atomic E-state index is 11.5. The molecule has 1 rings (SSSR count).